The van der Waals surface area contributed by atoms with Crippen LogP contribution in [0.15, 0.2) is 67.6 Å². The van der Waals surface area contributed by atoms with Crippen molar-refractivity contribution in [2.45, 2.75) is 0 Å². The number of carbonyl (C=O) groups excluding carboxylic acids is 1. The molecule has 4 aromatic rings. The lowest BCUT2D eigenvalue weighted by molar-refractivity contribution is -0.111. The van der Waals surface area contributed by atoms with E-state index in [4.69, 9.17) is 9.72 Å². The minimum atomic E-state index is -0.301. The first-order valence-electron chi connectivity index (χ1n) is 11.9. The standard InChI is InChI=1S/C27H28N8O2/c1-4-24(36)31-19-8-10-28-22(15-19)26-25-18(7-9-29-26)17-30-27(33-25)32-21-6-5-20(16-23(21)37-3)35-13-11-34(2)12-14-35/h4-10,15-17H,1,11-14H2,2-3H3,(H,28,31,36)(H,30,32,33). The minimum Gasteiger partial charge on any atom is -0.494 e. The number of amides is 1. The maximum absolute atomic E-state index is 11.7. The highest BCUT2D eigenvalue weighted by atomic mass is 16.5. The molecular weight excluding hydrogens is 468 g/mol. The summed E-state index contributed by atoms with van der Waals surface area (Å²) in [6, 6.07) is 11.4. The van der Waals surface area contributed by atoms with Gasteiger partial charge in [-0.2, -0.15) is 0 Å². The summed E-state index contributed by atoms with van der Waals surface area (Å²) in [7, 11) is 3.80. The second-order valence-corrected chi connectivity index (χ2v) is 8.71. The number of ether oxygens (including phenoxy) is 1. The van der Waals surface area contributed by atoms with E-state index < -0.39 is 0 Å². The number of nitrogens with one attached hydrogen (secondary N) is 2. The van der Waals surface area contributed by atoms with Gasteiger partial charge >= 0.3 is 0 Å². The van der Waals surface area contributed by atoms with E-state index in [2.05, 4.69) is 55.1 Å². The normalized spacial score (nSPS) is 13.8. The number of likely N-dealkylation sites (N-methyl/N-ethyl adjacent to an activating group) is 1. The van der Waals surface area contributed by atoms with Gasteiger partial charge in [-0.05, 0) is 43.5 Å². The zero-order chi connectivity index (χ0) is 25.8. The lowest BCUT2D eigenvalue weighted by Crippen LogP contribution is -2.44. The molecule has 0 unspecified atom stereocenters. The molecule has 4 heterocycles. The molecule has 1 saturated heterocycles. The van der Waals surface area contributed by atoms with Crippen LogP contribution in [0.2, 0.25) is 0 Å². The third-order valence-electron chi connectivity index (χ3n) is 6.25. The summed E-state index contributed by atoms with van der Waals surface area (Å²) in [5.74, 6) is 0.812. The summed E-state index contributed by atoms with van der Waals surface area (Å²) in [5.41, 5.74) is 4.26. The Bertz CT molecular complexity index is 1450. The highest BCUT2D eigenvalue weighted by Gasteiger charge is 2.17. The molecule has 188 valence electrons. The van der Waals surface area contributed by atoms with Crippen LogP contribution in [0.3, 0.4) is 0 Å². The van der Waals surface area contributed by atoms with Crippen molar-refractivity contribution in [2.75, 3.05) is 55.9 Å². The SMILES string of the molecule is C=CC(=O)Nc1ccnc(-c2nccc3cnc(Nc4ccc(N5CCN(C)CC5)cc4OC)nc23)c1. The third-order valence-corrected chi connectivity index (χ3v) is 6.25. The fourth-order valence-corrected chi connectivity index (χ4v) is 4.20. The summed E-state index contributed by atoms with van der Waals surface area (Å²) in [4.78, 5) is 34.6. The van der Waals surface area contributed by atoms with Crippen molar-refractivity contribution < 1.29 is 9.53 Å². The Morgan fingerprint density at radius 3 is 2.65 bits per heavy atom. The molecule has 0 spiro atoms. The van der Waals surface area contributed by atoms with Gasteiger partial charge in [0.1, 0.15) is 17.0 Å². The Kier molecular flexibility index (Phi) is 6.91. The van der Waals surface area contributed by atoms with Gasteiger partial charge in [0.2, 0.25) is 11.9 Å². The van der Waals surface area contributed by atoms with Gasteiger partial charge in [-0.3, -0.25) is 14.8 Å². The molecule has 0 radical (unpaired) electrons. The molecule has 10 nitrogen and oxygen atoms in total. The van der Waals surface area contributed by atoms with E-state index in [0.29, 0.717) is 34.3 Å². The van der Waals surface area contributed by atoms with E-state index in [1.165, 1.54) is 6.08 Å². The number of methoxy groups -OCH3 is 1. The Morgan fingerprint density at radius 1 is 1.05 bits per heavy atom. The monoisotopic (exact) mass is 496 g/mol. The predicted molar refractivity (Wildman–Crippen MR) is 145 cm³/mol. The minimum absolute atomic E-state index is 0.301. The number of carbonyl (C=O) groups is 1. The van der Waals surface area contributed by atoms with Gasteiger partial charge in [0.15, 0.2) is 0 Å². The van der Waals surface area contributed by atoms with E-state index in [1.807, 2.05) is 18.2 Å². The average Bonchev–Trinajstić information content (AvgIpc) is 2.93. The van der Waals surface area contributed by atoms with E-state index in [9.17, 15) is 4.79 Å². The first-order valence-corrected chi connectivity index (χ1v) is 11.9. The van der Waals surface area contributed by atoms with Gasteiger partial charge in [-0.15, -0.1) is 0 Å². The van der Waals surface area contributed by atoms with Crippen molar-refractivity contribution in [1.29, 1.82) is 0 Å². The quantitative estimate of drug-likeness (QED) is 0.370. The van der Waals surface area contributed by atoms with Crippen molar-refractivity contribution >= 4 is 39.8 Å². The molecule has 0 saturated carbocycles. The summed E-state index contributed by atoms with van der Waals surface area (Å²) >= 11 is 0. The molecule has 3 aromatic heterocycles. The lowest BCUT2D eigenvalue weighted by Gasteiger charge is -2.34. The third kappa shape index (κ3) is 5.34. The van der Waals surface area contributed by atoms with E-state index in [-0.39, 0.29) is 5.91 Å². The zero-order valence-electron chi connectivity index (χ0n) is 20.8. The lowest BCUT2D eigenvalue weighted by atomic mass is 10.1. The Morgan fingerprint density at radius 2 is 1.86 bits per heavy atom. The molecule has 0 bridgehead atoms. The van der Waals surface area contributed by atoms with Crippen molar-refractivity contribution in [3.05, 3.63) is 67.6 Å². The Hall–Kier alpha value is -4.57. The molecule has 1 fully saturated rings. The predicted octanol–water partition coefficient (Wildman–Crippen LogP) is 3.72. The van der Waals surface area contributed by atoms with Crippen LogP contribution < -0.4 is 20.3 Å². The number of aromatic nitrogens is 4. The molecule has 2 N–H and O–H groups in total. The molecule has 37 heavy (non-hydrogen) atoms. The second kappa shape index (κ2) is 10.6. The van der Waals surface area contributed by atoms with Crippen LogP contribution in [0.25, 0.3) is 22.3 Å². The van der Waals surface area contributed by atoms with Crippen LogP contribution in [0.4, 0.5) is 23.0 Å². The van der Waals surface area contributed by atoms with Gasteiger partial charge in [0.25, 0.3) is 0 Å². The maximum atomic E-state index is 11.7. The summed E-state index contributed by atoms with van der Waals surface area (Å²) in [5, 5.41) is 6.85. The van der Waals surface area contributed by atoms with Crippen molar-refractivity contribution in [1.82, 2.24) is 24.8 Å². The first kappa shape index (κ1) is 24.1. The van der Waals surface area contributed by atoms with Crippen molar-refractivity contribution in [3.63, 3.8) is 0 Å². The Labute approximate surface area is 215 Å². The molecule has 1 amide bonds. The number of anilines is 4. The van der Waals surface area contributed by atoms with Crippen molar-refractivity contribution in [2.24, 2.45) is 0 Å². The summed E-state index contributed by atoms with van der Waals surface area (Å²) in [6.07, 6.45) is 6.25. The van der Waals surface area contributed by atoms with Gasteiger partial charge < -0.3 is 25.2 Å². The topological polar surface area (TPSA) is 108 Å². The van der Waals surface area contributed by atoms with Crippen LogP contribution in [-0.2, 0) is 4.79 Å². The molecule has 1 aliphatic rings. The second-order valence-electron chi connectivity index (χ2n) is 8.71. The highest BCUT2D eigenvalue weighted by molar-refractivity contribution is 5.99. The van der Waals surface area contributed by atoms with Crippen LogP contribution in [0.5, 0.6) is 5.75 Å². The molecule has 0 aliphatic carbocycles. The highest BCUT2D eigenvalue weighted by Crippen LogP contribution is 2.33. The molecule has 1 aromatic carbocycles. The fourth-order valence-electron chi connectivity index (χ4n) is 4.20. The number of piperazine rings is 1. The van der Waals surface area contributed by atoms with Crippen LogP contribution in [0.1, 0.15) is 0 Å². The molecule has 10 heteroatoms. The largest absolute Gasteiger partial charge is 0.494 e. The van der Waals surface area contributed by atoms with E-state index in [1.54, 1.807) is 37.8 Å². The smallest absolute Gasteiger partial charge is 0.247 e. The maximum Gasteiger partial charge on any atom is 0.247 e. The first-order chi connectivity index (χ1) is 18.0. The van der Waals surface area contributed by atoms with Crippen LogP contribution in [0, 0.1) is 0 Å². The molecular formula is C27H28N8O2. The number of fused-ring (bicyclic) bond motifs is 1. The van der Waals surface area contributed by atoms with Gasteiger partial charge in [0.05, 0.1) is 18.5 Å². The zero-order valence-corrected chi connectivity index (χ0v) is 20.8. The number of rotatable bonds is 7. The summed E-state index contributed by atoms with van der Waals surface area (Å²) in [6.45, 7) is 7.50. The number of benzene rings is 1. The number of nitrogens with zero attached hydrogens (tertiary/aromatic N) is 6. The van der Waals surface area contributed by atoms with Crippen molar-refractivity contribution in [3.8, 4) is 17.1 Å². The van der Waals surface area contributed by atoms with Crippen LogP contribution in [-0.4, -0.2) is 71.1 Å². The number of hydrogen-bond acceptors (Lipinski definition) is 9. The fraction of sp³-hybridized carbons (Fsp3) is 0.222. The molecule has 0 atom stereocenters. The van der Waals surface area contributed by atoms with Crippen LogP contribution >= 0.6 is 0 Å². The number of pyridine rings is 2. The molecule has 5 rings (SSSR count). The average molecular weight is 497 g/mol. The van der Waals surface area contributed by atoms with Gasteiger partial charge in [-0.1, -0.05) is 6.58 Å². The number of hydrogen-bond donors (Lipinski definition) is 2. The summed E-state index contributed by atoms with van der Waals surface area (Å²) < 4.78 is 5.69. The molecule has 1 aliphatic heterocycles. The Balaban J connectivity index is 1.44. The van der Waals surface area contributed by atoms with Gasteiger partial charge in [-0.25, -0.2) is 9.97 Å². The van der Waals surface area contributed by atoms with E-state index >= 15 is 0 Å². The van der Waals surface area contributed by atoms with Gasteiger partial charge in [0, 0.05) is 67.6 Å². The van der Waals surface area contributed by atoms with E-state index in [0.717, 1.165) is 42.9 Å².